The Morgan fingerprint density at radius 2 is 2.15 bits per heavy atom. The molecule has 0 radical (unpaired) electrons. The molecule has 2 heterocycles. The normalized spacial score (nSPS) is 15.5. The first kappa shape index (κ1) is 10.3. The highest BCUT2D eigenvalue weighted by molar-refractivity contribution is 5.85. The van der Waals surface area contributed by atoms with E-state index in [1.54, 1.807) is 7.11 Å². The van der Waals surface area contributed by atoms with Crippen LogP contribution >= 0.6 is 12.4 Å². The second-order valence-electron chi connectivity index (χ2n) is 2.84. The van der Waals surface area contributed by atoms with E-state index in [9.17, 15) is 0 Å². The molecule has 0 atom stereocenters. The fourth-order valence-corrected chi connectivity index (χ4v) is 1.47. The van der Waals surface area contributed by atoms with Crippen LogP contribution in [0.5, 0.6) is 5.88 Å². The molecule has 2 rings (SSSR count). The van der Waals surface area contributed by atoms with Crippen LogP contribution in [0.15, 0.2) is 4.52 Å². The molecule has 1 aromatic heterocycles. The summed E-state index contributed by atoms with van der Waals surface area (Å²) in [6, 6.07) is 0. The van der Waals surface area contributed by atoms with Crippen molar-refractivity contribution in [3.8, 4) is 5.88 Å². The lowest BCUT2D eigenvalue weighted by molar-refractivity contribution is 0.325. The Balaban J connectivity index is 0.000000845. The van der Waals surface area contributed by atoms with Crippen LogP contribution in [0.3, 0.4) is 0 Å². The number of nitrogens with one attached hydrogen (secondary N) is 1. The van der Waals surface area contributed by atoms with Gasteiger partial charge in [-0.3, -0.25) is 0 Å². The van der Waals surface area contributed by atoms with Gasteiger partial charge in [-0.1, -0.05) is 0 Å². The Hall–Kier alpha value is -0.740. The minimum absolute atomic E-state index is 0. The third-order valence-electron chi connectivity index (χ3n) is 2.11. The topological polar surface area (TPSA) is 47.3 Å². The lowest BCUT2D eigenvalue weighted by atomic mass is 10.2. The van der Waals surface area contributed by atoms with E-state index in [0.717, 1.165) is 37.3 Å². The molecule has 0 aromatic carbocycles. The molecule has 0 unspecified atom stereocenters. The maximum absolute atomic E-state index is 5.14. The number of nitrogens with zero attached hydrogens (tertiary/aromatic N) is 1. The first-order chi connectivity index (χ1) is 5.92. The van der Waals surface area contributed by atoms with Gasteiger partial charge in [-0.25, -0.2) is 0 Å². The Labute approximate surface area is 83.0 Å². The monoisotopic (exact) mass is 204 g/mol. The summed E-state index contributed by atoms with van der Waals surface area (Å²) in [6.45, 7) is 1.94. The van der Waals surface area contributed by atoms with Crippen LogP contribution in [-0.2, 0) is 12.8 Å². The summed E-state index contributed by atoms with van der Waals surface area (Å²) in [4.78, 5) is 0. The van der Waals surface area contributed by atoms with Gasteiger partial charge in [-0.15, -0.1) is 12.4 Å². The van der Waals surface area contributed by atoms with Crippen molar-refractivity contribution in [1.82, 2.24) is 10.5 Å². The average Bonchev–Trinajstić information content (AvgIpc) is 2.33. The molecule has 0 aliphatic carbocycles. The van der Waals surface area contributed by atoms with Crippen molar-refractivity contribution in [1.29, 1.82) is 0 Å². The zero-order chi connectivity index (χ0) is 8.39. The van der Waals surface area contributed by atoms with E-state index >= 15 is 0 Å². The highest BCUT2D eigenvalue weighted by atomic mass is 35.5. The maximum Gasteiger partial charge on any atom is 0.257 e. The molecule has 1 aliphatic rings. The molecular formula is C8H13ClN2O2. The summed E-state index contributed by atoms with van der Waals surface area (Å²) in [5, 5.41) is 7.12. The molecule has 0 spiro atoms. The van der Waals surface area contributed by atoms with Crippen LogP contribution in [-0.4, -0.2) is 25.4 Å². The average molecular weight is 205 g/mol. The molecule has 74 valence electrons. The minimum Gasteiger partial charge on any atom is -0.479 e. The summed E-state index contributed by atoms with van der Waals surface area (Å²) >= 11 is 0. The van der Waals surface area contributed by atoms with Crippen LogP contribution in [0.2, 0.25) is 0 Å². The third kappa shape index (κ3) is 1.95. The zero-order valence-corrected chi connectivity index (χ0v) is 8.32. The van der Waals surface area contributed by atoms with Gasteiger partial charge in [0.2, 0.25) is 0 Å². The second-order valence-corrected chi connectivity index (χ2v) is 2.84. The number of methoxy groups -OCH3 is 1. The van der Waals surface area contributed by atoms with Gasteiger partial charge in [-0.05, 0) is 18.1 Å². The predicted octanol–water partition coefficient (Wildman–Crippen LogP) is 0.793. The molecule has 0 amide bonds. The second kappa shape index (κ2) is 4.48. The van der Waals surface area contributed by atoms with Gasteiger partial charge in [0.05, 0.1) is 12.7 Å². The van der Waals surface area contributed by atoms with Crippen LogP contribution in [0, 0.1) is 0 Å². The molecule has 1 aromatic rings. The van der Waals surface area contributed by atoms with E-state index in [-0.39, 0.29) is 12.4 Å². The first-order valence-corrected chi connectivity index (χ1v) is 4.14. The number of hydrogen-bond acceptors (Lipinski definition) is 4. The lowest BCUT2D eigenvalue weighted by Crippen LogP contribution is -2.16. The molecule has 4 nitrogen and oxygen atoms in total. The molecule has 1 N–H and O–H groups in total. The van der Waals surface area contributed by atoms with Crippen molar-refractivity contribution in [2.24, 2.45) is 0 Å². The molecule has 0 saturated carbocycles. The molecule has 0 saturated heterocycles. The van der Waals surface area contributed by atoms with Crippen molar-refractivity contribution in [3.05, 3.63) is 11.3 Å². The highest BCUT2D eigenvalue weighted by Crippen LogP contribution is 2.22. The Morgan fingerprint density at radius 1 is 1.38 bits per heavy atom. The standard InChI is InChI=1S/C8H12N2O2.ClH/c1-11-8-6-2-4-9-5-3-7(6)12-10-8;/h9H,2-5H2,1H3;1H. The Kier molecular flexibility index (Phi) is 3.57. The van der Waals surface area contributed by atoms with Crippen molar-refractivity contribution >= 4 is 12.4 Å². The van der Waals surface area contributed by atoms with E-state index in [1.807, 2.05) is 0 Å². The number of halogens is 1. The third-order valence-corrected chi connectivity index (χ3v) is 2.11. The predicted molar refractivity (Wildman–Crippen MR) is 50.6 cm³/mol. The Morgan fingerprint density at radius 3 is 2.92 bits per heavy atom. The van der Waals surface area contributed by atoms with E-state index in [0.29, 0.717) is 5.88 Å². The number of rotatable bonds is 1. The van der Waals surface area contributed by atoms with Crippen LogP contribution in [0.4, 0.5) is 0 Å². The summed E-state index contributed by atoms with van der Waals surface area (Å²) in [5.41, 5.74) is 1.13. The van der Waals surface area contributed by atoms with E-state index < -0.39 is 0 Å². The summed E-state index contributed by atoms with van der Waals surface area (Å²) < 4.78 is 10.2. The SMILES string of the molecule is COc1noc2c1CCNCC2.Cl. The number of aromatic nitrogens is 1. The fraction of sp³-hybridized carbons (Fsp3) is 0.625. The van der Waals surface area contributed by atoms with Gasteiger partial charge in [0.15, 0.2) is 0 Å². The van der Waals surface area contributed by atoms with Crippen molar-refractivity contribution in [2.75, 3.05) is 20.2 Å². The molecule has 1 aliphatic heterocycles. The highest BCUT2D eigenvalue weighted by Gasteiger charge is 2.17. The maximum atomic E-state index is 5.14. The van der Waals surface area contributed by atoms with E-state index in [4.69, 9.17) is 9.26 Å². The largest absolute Gasteiger partial charge is 0.479 e. The summed E-state index contributed by atoms with van der Waals surface area (Å²) in [7, 11) is 1.62. The van der Waals surface area contributed by atoms with Crippen molar-refractivity contribution in [3.63, 3.8) is 0 Å². The molecule has 0 bridgehead atoms. The number of fused-ring (bicyclic) bond motifs is 1. The van der Waals surface area contributed by atoms with E-state index in [2.05, 4.69) is 10.5 Å². The van der Waals surface area contributed by atoms with Crippen LogP contribution in [0.1, 0.15) is 11.3 Å². The number of ether oxygens (including phenoxy) is 1. The van der Waals surface area contributed by atoms with Crippen molar-refractivity contribution < 1.29 is 9.26 Å². The first-order valence-electron chi connectivity index (χ1n) is 4.14. The lowest BCUT2D eigenvalue weighted by Gasteiger charge is -1.97. The molecule has 5 heteroatoms. The molecular weight excluding hydrogens is 192 g/mol. The fourth-order valence-electron chi connectivity index (χ4n) is 1.47. The summed E-state index contributed by atoms with van der Waals surface area (Å²) in [5.74, 6) is 1.62. The zero-order valence-electron chi connectivity index (χ0n) is 7.50. The number of hydrogen-bond donors (Lipinski definition) is 1. The van der Waals surface area contributed by atoms with Gasteiger partial charge in [0, 0.05) is 13.0 Å². The van der Waals surface area contributed by atoms with Crippen LogP contribution < -0.4 is 10.1 Å². The smallest absolute Gasteiger partial charge is 0.257 e. The van der Waals surface area contributed by atoms with Gasteiger partial charge < -0.3 is 14.6 Å². The van der Waals surface area contributed by atoms with Gasteiger partial charge >= 0.3 is 0 Å². The quantitative estimate of drug-likeness (QED) is 0.735. The molecule has 13 heavy (non-hydrogen) atoms. The van der Waals surface area contributed by atoms with Gasteiger partial charge in [-0.2, -0.15) is 0 Å². The van der Waals surface area contributed by atoms with E-state index in [1.165, 1.54) is 0 Å². The van der Waals surface area contributed by atoms with Crippen molar-refractivity contribution in [2.45, 2.75) is 12.8 Å². The summed E-state index contributed by atoms with van der Waals surface area (Å²) in [6.07, 6.45) is 1.85. The molecule has 0 fully saturated rings. The van der Waals surface area contributed by atoms with Gasteiger partial charge in [0.25, 0.3) is 5.88 Å². The van der Waals surface area contributed by atoms with Crippen LogP contribution in [0.25, 0.3) is 0 Å². The Bertz CT molecular complexity index is 275. The minimum atomic E-state index is 0. The van der Waals surface area contributed by atoms with Gasteiger partial charge in [0.1, 0.15) is 5.76 Å².